The van der Waals surface area contributed by atoms with Gasteiger partial charge in [0, 0.05) is 0 Å². The summed E-state index contributed by atoms with van der Waals surface area (Å²) in [5, 5.41) is 8.52. The lowest BCUT2D eigenvalue weighted by atomic mass is 10.0. The molecule has 15 heteroatoms. The van der Waals surface area contributed by atoms with Gasteiger partial charge in [0.15, 0.2) is 0 Å². The second-order valence-corrected chi connectivity index (χ2v) is 8.53. The number of nitrogens with two attached hydrogens (primary N) is 2. The highest BCUT2D eigenvalue weighted by Gasteiger charge is 2.27. The summed E-state index contributed by atoms with van der Waals surface area (Å²) >= 11 is 0. The predicted molar refractivity (Wildman–Crippen MR) is 111 cm³/mol. The predicted octanol–water partition coefficient (Wildman–Crippen LogP) is 0.691. The lowest BCUT2D eigenvalue weighted by Gasteiger charge is -2.22. The third-order valence-corrected chi connectivity index (χ3v) is 4.13. The van der Waals surface area contributed by atoms with Crippen LogP contribution in [0, 0.1) is 0 Å². The number of nitrogens with zero attached hydrogens (tertiary/aromatic N) is 4. The van der Waals surface area contributed by atoms with Crippen LogP contribution in [0.4, 0.5) is 0 Å². The molecule has 0 fully saturated rings. The third-order valence-electron chi connectivity index (χ3n) is 2.76. The van der Waals surface area contributed by atoms with Crippen LogP contribution in [0.3, 0.4) is 0 Å². The van der Waals surface area contributed by atoms with Gasteiger partial charge in [0.05, 0.1) is 13.1 Å². The summed E-state index contributed by atoms with van der Waals surface area (Å²) in [7, 11) is -10.2. The van der Waals surface area contributed by atoms with Crippen molar-refractivity contribution in [2.24, 2.45) is 31.7 Å². The summed E-state index contributed by atoms with van der Waals surface area (Å²) in [4.78, 5) is 8.31. The molecular weight excluding hydrogens is 428 g/mol. The Bertz CT molecular complexity index is 789. The second-order valence-electron chi connectivity index (χ2n) is 6.27. The van der Waals surface area contributed by atoms with Gasteiger partial charge in [-0.1, -0.05) is 12.2 Å². The first-order valence-corrected chi connectivity index (χ1v) is 10.5. The molecule has 0 heterocycles. The van der Waals surface area contributed by atoms with Crippen LogP contribution in [0.1, 0.15) is 27.7 Å². The Kier molecular flexibility index (Phi) is 11.7. The van der Waals surface area contributed by atoms with E-state index in [1.54, 1.807) is 12.2 Å². The average molecular weight is 457 g/mol. The average Bonchev–Trinajstić information content (AvgIpc) is 2.52. The van der Waals surface area contributed by atoms with Crippen molar-refractivity contribution < 1.29 is 29.6 Å². The highest BCUT2D eigenvalue weighted by atomic mass is 32.3. The van der Waals surface area contributed by atoms with E-state index in [2.05, 4.69) is 37.0 Å². The first-order chi connectivity index (χ1) is 12.9. The molecule has 0 aliphatic heterocycles. The molecule has 0 aliphatic carbocycles. The van der Waals surface area contributed by atoms with Gasteiger partial charge in [0.2, 0.25) is 0 Å². The van der Waals surface area contributed by atoms with E-state index in [-0.39, 0.29) is 0 Å². The maximum atomic E-state index is 9.44. The first kappa shape index (κ1) is 29.0. The minimum atomic E-state index is -5.12. The van der Waals surface area contributed by atoms with E-state index >= 15 is 0 Å². The van der Waals surface area contributed by atoms with Crippen molar-refractivity contribution in [1.29, 1.82) is 0 Å². The SMILES string of the molecule is C=CCN=C(N)C(C)(C)N=NC(C)(C)C(N)=NCC=C.O=S(=O)(O)OS(=O)(=O)O. The number of hydrogen-bond acceptors (Lipinski definition) is 9. The van der Waals surface area contributed by atoms with Crippen molar-refractivity contribution in [2.45, 2.75) is 38.8 Å². The molecule has 0 aromatic heterocycles. The van der Waals surface area contributed by atoms with Crippen LogP contribution >= 0.6 is 0 Å². The quantitative estimate of drug-likeness (QED) is 0.119. The lowest BCUT2D eigenvalue weighted by molar-refractivity contribution is 0.344. The summed E-state index contributed by atoms with van der Waals surface area (Å²) in [5.74, 6) is 0.803. The molecule has 0 aromatic rings. The molecule has 168 valence electrons. The van der Waals surface area contributed by atoms with Crippen LogP contribution in [0.2, 0.25) is 0 Å². The van der Waals surface area contributed by atoms with Crippen molar-refractivity contribution in [1.82, 2.24) is 0 Å². The van der Waals surface area contributed by atoms with Crippen LogP contribution in [-0.4, -0.2) is 61.8 Å². The Hall–Kier alpha value is -2.20. The zero-order valence-corrected chi connectivity index (χ0v) is 18.3. The minimum Gasteiger partial charge on any atom is -0.385 e. The number of hydrogen-bond donors (Lipinski definition) is 4. The molecule has 0 bridgehead atoms. The fourth-order valence-corrected chi connectivity index (χ4v) is 2.04. The smallest absolute Gasteiger partial charge is 0.385 e. The molecule has 0 unspecified atom stereocenters. The number of rotatable bonds is 10. The Morgan fingerprint density at radius 2 is 1.14 bits per heavy atom. The van der Waals surface area contributed by atoms with E-state index in [0.29, 0.717) is 24.8 Å². The molecule has 0 saturated carbocycles. The zero-order valence-electron chi connectivity index (χ0n) is 16.7. The van der Waals surface area contributed by atoms with Gasteiger partial charge in [-0.2, -0.15) is 27.1 Å². The van der Waals surface area contributed by atoms with Gasteiger partial charge in [-0.25, -0.2) is 0 Å². The van der Waals surface area contributed by atoms with Gasteiger partial charge in [-0.3, -0.25) is 19.1 Å². The monoisotopic (exact) mass is 456 g/mol. The summed E-state index contributed by atoms with van der Waals surface area (Å²) in [5.41, 5.74) is 10.4. The summed E-state index contributed by atoms with van der Waals surface area (Å²) in [6.45, 7) is 15.5. The van der Waals surface area contributed by atoms with Gasteiger partial charge >= 0.3 is 20.8 Å². The molecular formula is C14H28N6O7S2. The summed E-state index contributed by atoms with van der Waals surface area (Å²) in [6.07, 6.45) is 3.34. The fraction of sp³-hybridized carbons (Fsp3) is 0.571. The largest absolute Gasteiger partial charge is 0.413 e. The van der Waals surface area contributed by atoms with Crippen LogP contribution in [0.25, 0.3) is 0 Å². The molecule has 0 atom stereocenters. The van der Waals surface area contributed by atoms with E-state index in [4.69, 9.17) is 20.6 Å². The van der Waals surface area contributed by atoms with E-state index in [1.165, 1.54) is 0 Å². The maximum Gasteiger partial charge on any atom is 0.413 e. The van der Waals surface area contributed by atoms with Crippen molar-refractivity contribution in [3.05, 3.63) is 25.3 Å². The van der Waals surface area contributed by atoms with Gasteiger partial charge in [-0.15, -0.1) is 16.8 Å². The zero-order chi connectivity index (χ0) is 23.5. The fourth-order valence-electron chi connectivity index (χ4n) is 1.17. The Labute approximate surface area is 171 Å². The molecule has 0 aliphatic rings. The standard InChI is InChI=1S/C14H26N6.H2O7S2/c1-7-9-17-11(15)13(3,4)19-20-14(5,6)12(16)18-10-8-2;1-8(2,3)7-9(4,5)6/h7-8H,1-2,9-10H2,3-6H3,(H2,15,17)(H2,16,18);(H,1,2,3)(H,4,5,6). The number of aliphatic imine (C=N–C) groups is 2. The summed E-state index contributed by atoms with van der Waals surface area (Å²) < 4.78 is 55.6. The topological polar surface area (TPSA) is 219 Å². The Balaban J connectivity index is 0. The van der Waals surface area contributed by atoms with Crippen LogP contribution < -0.4 is 11.5 Å². The Morgan fingerprint density at radius 3 is 1.31 bits per heavy atom. The molecule has 29 heavy (non-hydrogen) atoms. The van der Waals surface area contributed by atoms with Gasteiger partial charge in [-0.05, 0) is 27.7 Å². The molecule has 0 radical (unpaired) electrons. The van der Waals surface area contributed by atoms with E-state index in [0.717, 1.165) is 0 Å². The first-order valence-electron chi connectivity index (χ1n) is 7.80. The highest BCUT2D eigenvalue weighted by Crippen LogP contribution is 2.16. The molecule has 0 aromatic carbocycles. The normalized spacial score (nSPS) is 14.3. The number of azo groups is 1. The molecule has 13 nitrogen and oxygen atoms in total. The van der Waals surface area contributed by atoms with Crippen LogP contribution in [0.15, 0.2) is 45.5 Å². The van der Waals surface area contributed by atoms with Gasteiger partial charge in [0.25, 0.3) is 0 Å². The third kappa shape index (κ3) is 15.4. The van der Waals surface area contributed by atoms with Crippen LogP contribution in [0.5, 0.6) is 0 Å². The van der Waals surface area contributed by atoms with E-state index < -0.39 is 31.9 Å². The van der Waals surface area contributed by atoms with Gasteiger partial charge in [0.1, 0.15) is 22.7 Å². The highest BCUT2D eigenvalue weighted by molar-refractivity contribution is 7.94. The van der Waals surface area contributed by atoms with Crippen molar-refractivity contribution in [2.75, 3.05) is 13.1 Å². The minimum absolute atomic E-state index is 0.401. The maximum absolute atomic E-state index is 9.44. The molecule has 0 rings (SSSR count). The Morgan fingerprint density at radius 1 is 0.862 bits per heavy atom. The molecule has 0 amide bonds. The second kappa shape index (κ2) is 11.7. The van der Waals surface area contributed by atoms with Crippen LogP contribution in [-0.2, 0) is 24.4 Å². The summed E-state index contributed by atoms with van der Waals surface area (Å²) in [6, 6.07) is 0. The molecule has 0 spiro atoms. The van der Waals surface area contributed by atoms with E-state index in [1.807, 2.05) is 27.7 Å². The molecule has 0 saturated heterocycles. The van der Waals surface area contributed by atoms with E-state index in [9.17, 15) is 16.8 Å². The molecule has 6 N–H and O–H groups in total. The van der Waals surface area contributed by atoms with Crippen molar-refractivity contribution in [3.8, 4) is 0 Å². The van der Waals surface area contributed by atoms with Crippen molar-refractivity contribution >= 4 is 32.5 Å². The lowest BCUT2D eigenvalue weighted by Crippen LogP contribution is -2.40. The number of amidine groups is 2. The van der Waals surface area contributed by atoms with Crippen molar-refractivity contribution in [3.63, 3.8) is 0 Å². The van der Waals surface area contributed by atoms with Gasteiger partial charge < -0.3 is 11.5 Å².